The molecule has 28 heavy (non-hydrogen) atoms. The maximum Gasteiger partial charge on any atom is 0.321 e. The zero-order valence-corrected chi connectivity index (χ0v) is 17.2. The number of halogens is 2. The third-order valence-electron chi connectivity index (χ3n) is 4.60. The summed E-state index contributed by atoms with van der Waals surface area (Å²) in [5.41, 5.74) is 1.09. The highest BCUT2D eigenvalue weighted by Gasteiger charge is 2.15. The number of thiol groups is 1. The van der Waals surface area contributed by atoms with E-state index in [2.05, 4.69) is 24.9 Å². The molecule has 152 valence electrons. The predicted molar refractivity (Wildman–Crippen MR) is 113 cm³/mol. The zero-order valence-electron chi connectivity index (χ0n) is 16.3. The molecule has 0 aliphatic carbocycles. The Labute approximate surface area is 171 Å². The van der Waals surface area contributed by atoms with Crippen LogP contribution in [-0.2, 0) is 6.42 Å². The number of nitrogens with one attached hydrogen (secondary N) is 1. The lowest BCUT2D eigenvalue weighted by molar-refractivity contribution is 0.211. The number of amides is 2. The number of hydrogen-bond donors (Lipinski definition) is 2. The van der Waals surface area contributed by atoms with Gasteiger partial charge < -0.3 is 10.2 Å². The largest absolute Gasteiger partial charge is 0.324 e. The number of nitrogens with zero attached hydrogens (tertiary/aromatic N) is 1. The second-order valence-corrected chi connectivity index (χ2v) is 7.39. The molecule has 2 rings (SSSR count). The van der Waals surface area contributed by atoms with Crippen molar-refractivity contribution in [1.82, 2.24) is 4.90 Å². The lowest BCUT2D eigenvalue weighted by atomic mass is 10.1. The van der Waals surface area contributed by atoms with Gasteiger partial charge in [-0.25, -0.2) is 13.6 Å². The fourth-order valence-electron chi connectivity index (χ4n) is 2.93. The number of rotatable bonds is 10. The molecular weight excluding hydrogens is 378 g/mol. The molecule has 1 N–H and O–H groups in total. The Bertz CT molecular complexity index is 753. The van der Waals surface area contributed by atoms with E-state index in [-0.39, 0.29) is 11.7 Å². The molecule has 2 aromatic rings. The Morgan fingerprint density at radius 2 is 1.71 bits per heavy atom. The van der Waals surface area contributed by atoms with Crippen molar-refractivity contribution in [2.75, 3.05) is 18.4 Å². The number of carbonyl (C=O) groups is 1. The lowest BCUT2D eigenvalue weighted by Gasteiger charge is -2.23. The highest BCUT2D eigenvalue weighted by molar-refractivity contribution is 7.80. The van der Waals surface area contributed by atoms with E-state index < -0.39 is 11.6 Å². The molecule has 0 spiro atoms. The van der Waals surface area contributed by atoms with Gasteiger partial charge >= 0.3 is 6.03 Å². The summed E-state index contributed by atoms with van der Waals surface area (Å²) in [4.78, 5) is 15.3. The molecule has 0 fully saturated rings. The van der Waals surface area contributed by atoms with E-state index in [9.17, 15) is 13.6 Å². The van der Waals surface area contributed by atoms with Gasteiger partial charge in [0.05, 0.1) is 5.69 Å². The minimum absolute atomic E-state index is 0.0122. The molecule has 2 aromatic carbocycles. The highest BCUT2D eigenvalue weighted by Crippen LogP contribution is 2.16. The Morgan fingerprint density at radius 3 is 2.39 bits per heavy atom. The standard InChI is InChI=1S/C22H28F2N2OS/c1-2-3-4-5-6-14-26(15-13-17-7-10-19(28)11-8-17)22(27)25-21-12-9-18(23)16-20(21)24/h7-12,16,28H,2-6,13-15H2,1H3,(H,25,27). The van der Waals surface area contributed by atoms with Crippen LogP contribution in [0.4, 0.5) is 19.3 Å². The van der Waals surface area contributed by atoms with E-state index in [0.29, 0.717) is 19.5 Å². The van der Waals surface area contributed by atoms with Crippen LogP contribution in [0.2, 0.25) is 0 Å². The molecule has 0 aliphatic rings. The van der Waals surface area contributed by atoms with E-state index in [1.54, 1.807) is 4.90 Å². The predicted octanol–water partition coefficient (Wildman–Crippen LogP) is 6.30. The number of urea groups is 1. The zero-order chi connectivity index (χ0) is 20.4. The van der Waals surface area contributed by atoms with Crippen LogP contribution in [0, 0.1) is 11.6 Å². The summed E-state index contributed by atoms with van der Waals surface area (Å²) < 4.78 is 27.0. The third kappa shape index (κ3) is 7.50. The van der Waals surface area contributed by atoms with Crippen LogP contribution in [0.3, 0.4) is 0 Å². The minimum atomic E-state index is -0.777. The Hall–Kier alpha value is -2.08. The first kappa shape index (κ1) is 22.2. The van der Waals surface area contributed by atoms with Crippen LogP contribution in [-0.4, -0.2) is 24.0 Å². The van der Waals surface area contributed by atoms with Crippen molar-refractivity contribution in [2.24, 2.45) is 0 Å². The van der Waals surface area contributed by atoms with E-state index in [0.717, 1.165) is 48.3 Å². The Balaban J connectivity index is 1.98. The van der Waals surface area contributed by atoms with E-state index in [1.807, 2.05) is 24.3 Å². The molecular formula is C22H28F2N2OS. The van der Waals surface area contributed by atoms with E-state index >= 15 is 0 Å². The van der Waals surface area contributed by atoms with Gasteiger partial charge in [-0.2, -0.15) is 0 Å². The molecule has 0 unspecified atom stereocenters. The topological polar surface area (TPSA) is 32.3 Å². The molecule has 3 nitrogen and oxygen atoms in total. The quantitative estimate of drug-likeness (QED) is 0.352. The number of anilines is 1. The smallest absolute Gasteiger partial charge is 0.321 e. The van der Waals surface area contributed by atoms with Crippen LogP contribution >= 0.6 is 12.6 Å². The van der Waals surface area contributed by atoms with E-state index in [1.165, 1.54) is 12.5 Å². The summed E-state index contributed by atoms with van der Waals surface area (Å²) in [5, 5.41) is 2.57. The van der Waals surface area contributed by atoms with Gasteiger partial charge in [0, 0.05) is 24.1 Å². The minimum Gasteiger partial charge on any atom is -0.324 e. The summed E-state index contributed by atoms with van der Waals surface area (Å²) >= 11 is 4.28. The SMILES string of the molecule is CCCCCCCN(CCc1ccc(S)cc1)C(=O)Nc1ccc(F)cc1F. The molecule has 2 amide bonds. The van der Waals surface area contributed by atoms with Crippen molar-refractivity contribution in [1.29, 1.82) is 0 Å². The molecule has 0 bridgehead atoms. The fraction of sp³-hybridized carbons (Fsp3) is 0.409. The fourth-order valence-corrected chi connectivity index (χ4v) is 3.08. The van der Waals surface area contributed by atoms with Gasteiger partial charge in [-0.1, -0.05) is 44.7 Å². The maximum atomic E-state index is 13.9. The van der Waals surface area contributed by atoms with Crippen molar-refractivity contribution < 1.29 is 13.6 Å². The lowest BCUT2D eigenvalue weighted by Crippen LogP contribution is -2.37. The van der Waals surface area contributed by atoms with E-state index in [4.69, 9.17) is 0 Å². The second-order valence-electron chi connectivity index (χ2n) is 6.87. The van der Waals surface area contributed by atoms with Crippen LogP contribution < -0.4 is 5.32 Å². The van der Waals surface area contributed by atoms with Crippen molar-refractivity contribution in [2.45, 2.75) is 50.3 Å². The molecule has 0 radical (unpaired) electrons. The van der Waals surface area contributed by atoms with Gasteiger partial charge in [0.2, 0.25) is 0 Å². The van der Waals surface area contributed by atoms with Crippen LogP contribution in [0.15, 0.2) is 47.4 Å². The summed E-state index contributed by atoms with van der Waals surface area (Å²) in [7, 11) is 0. The number of carbonyl (C=O) groups excluding carboxylic acids is 1. The van der Waals surface area contributed by atoms with Gasteiger partial charge in [-0.05, 0) is 42.7 Å². The summed E-state index contributed by atoms with van der Waals surface area (Å²) in [6.45, 7) is 3.28. The van der Waals surface area contributed by atoms with Gasteiger partial charge in [-0.3, -0.25) is 0 Å². The Kier molecular flexibility index (Phi) is 9.28. The first-order chi connectivity index (χ1) is 13.5. The summed E-state index contributed by atoms with van der Waals surface area (Å²) in [6.07, 6.45) is 6.13. The van der Waals surface area contributed by atoms with Crippen molar-refractivity contribution in [3.8, 4) is 0 Å². The third-order valence-corrected chi connectivity index (χ3v) is 4.90. The van der Waals surface area contributed by atoms with Crippen LogP contribution in [0.25, 0.3) is 0 Å². The average molecular weight is 407 g/mol. The van der Waals surface area contributed by atoms with Crippen LogP contribution in [0.1, 0.15) is 44.6 Å². The van der Waals surface area contributed by atoms with Crippen molar-refractivity contribution >= 4 is 24.3 Å². The van der Waals surface area contributed by atoms with Gasteiger partial charge in [-0.15, -0.1) is 12.6 Å². The summed E-state index contributed by atoms with van der Waals surface area (Å²) in [6, 6.07) is 10.6. The highest BCUT2D eigenvalue weighted by atomic mass is 32.1. The van der Waals surface area contributed by atoms with Crippen molar-refractivity contribution in [3.05, 3.63) is 59.7 Å². The summed E-state index contributed by atoms with van der Waals surface area (Å²) in [5.74, 6) is -1.45. The number of hydrogen-bond acceptors (Lipinski definition) is 2. The molecule has 0 aliphatic heterocycles. The first-order valence-electron chi connectivity index (χ1n) is 9.78. The molecule has 0 aromatic heterocycles. The van der Waals surface area contributed by atoms with Crippen molar-refractivity contribution in [3.63, 3.8) is 0 Å². The normalized spacial score (nSPS) is 10.7. The monoisotopic (exact) mass is 406 g/mol. The molecule has 6 heteroatoms. The Morgan fingerprint density at radius 1 is 1.00 bits per heavy atom. The molecule has 0 atom stereocenters. The number of unbranched alkanes of at least 4 members (excludes halogenated alkanes) is 4. The second kappa shape index (κ2) is 11.7. The first-order valence-corrected chi connectivity index (χ1v) is 10.2. The average Bonchev–Trinajstić information content (AvgIpc) is 2.67. The van der Waals surface area contributed by atoms with Crippen LogP contribution in [0.5, 0.6) is 0 Å². The molecule has 0 heterocycles. The maximum absolute atomic E-state index is 13.9. The number of benzene rings is 2. The van der Waals surface area contributed by atoms with Gasteiger partial charge in [0.25, 0.3) is 0 Å². The molecule has 0 saturated heterocycles. The van der Waals surface area contributed by atoms with Gasteiger partial charge in [0.1, 0.15) is 11.6 Å². The molecule has 0 saturated carbocycles. The van der Waals surface area contributed by atoms with Gasteiger partial charge in [0.15, 0.2) is 0 Å².